The molecule has 0 unspecified atom stereocenters. The van der Waals surface area contributed by atoms with E-state index in [4.69, 9.17) is 4.74 Å². The maximum Gasteiger partial charge on any atom is 0.119 e. The Kier molecular flexibility index (Phi) is 6.25. The average Bonchev–Trinajstić information content (AvgIpc) is 2.54. The van der Waals surface area contributed by atoms with E-state index in [0.717, 1.165) is 12.3 Å². The van der Waals surface area contributed by atoms with Crippen LogP contribution in [0, 0.1) is 0 Å². The van der Waals surface area contributed by atoms with Crippen LogP contribution in [0.1, 0.15) is 12.5 Å². The van der Waals surface area contributed by atoms with Gasteiger partial charge in [-0.1, -0.05) is 48.5 Å². The van der Waals surface area contributed by atoms with Crippen LogP contribution in [-0.4, -0.2) is 35.8 Å². The van der Waals surface area contributed by atoms with Gasteiger partial charge in [0.25, 0.3) is 0 Å². The van der Waals surface area contributed by atoms with Crippen molar-refractivity contribution in [3.05, 3.63) is 66.2 Å². The van der Waals surface area contributed by atoms with Gasteiger partial charge in [0, 0.05) is 19.1 Å². The molecule has 0 bridgehead atoms. The van der Waals surface area contributed by atoms with E-state index >= 15 is 0 Å². The molecule has 1 atom stereocenters. The van der Waals surface area contributed by atoms with E-state index in [2.05, 4.69) is 24.0 Å². The van der Waals surface area contributed by atoms with Crippen LogP contribution in [0.15, 0.2) is 60.7 Å². The van der Waals surface area contributed by atoms with Crippen LogP contribution in [0.2, 0.25) is 0 Å². The SMILES string of the molecule is C[C@@H](COc1ccccc1)N(CCO)Cc1ccccc1. The Morgan fingerprint density at radius 1 is 1.00 bits per heavy atom. The van der Waals surface area contributed by atoms with Crippen molar-refractivity contribution in [2.75, 3.05) is 19.8 Å². The van der Waals surface area contributed by atoms with Crippen LogP contribution in [-0.2, 0) is 6.54 Å². The lowest BCUT2D eigenvalue weighted by Crippen LogP contribution is -2.38. The highest BCUT2D eigenvalue weighted by Crippen LogP contribution is 2.12. The first-order chi connectivity index (χ1) is 10.3. The Hall–Kier alpha value is -1.84. The molecule has 0 spiro atoms. The minimum absolute atomic E-state index is 0.155. The van der Waals surface area contributed by atoms with E-state index in [1.807, 2.05) is 48.5 Å². The summed E-state index contributed by atoms with van der Waals surface area (Å²) in [5, 5.41) is 9.27. The predicted molar refractivity (Wildman–Crippen MR) is 85.3 cm³/mol. The second kappa shape index (κ2) is 8.45. The van der Waals surface area contributed by atoms with E-state index in [9.17, 15) is 5.11 Å². The fourth-order valence-electron chi connectivity index (χ4n) is 2.24. The molecule has 2 aromatic carbocycles. The third kappa shape index (κ3) is 5.21. The molecule has 3 nitrogen and oxygen atoms in total. The van der Waals surface area contributed by atoms with Gasteiger partial charge in [-0.3, -0.25) is 4.90 Å². The summed E-state index contributed by atoms with van der Waals surface area (Å²) in [4.78, 5) is 2.23. The van der Waals surface area contributed by atoms with Gasteiger partial charge in [-0.2, -0.15) is 0 Å². The highest BCUT2D eigenvalue weighted by Gasteiger charge is 2.14. The summed E-state index contributed by atoms with van der Waals surface area (Å²) in [5.74, 6) is 0.882. The molecular formula is C18H23NO2. The predicted octanol–water partition coefficient (Wildman–Crippen LogP) is 2.95. The number of para-hydroxylation sites is 1. The summed E-state index contributed by atoms with van der Waals surface area (Å²) < 4.78 is 5.81. The average molecular weight is 285 g/mol. The molecule has 1 N–H and O–H groups in total. The summed E-state index contributed by atoms with van der Waals surface area (Å²) in [6.45, 7) is 4.36. The molecule has 0 saturated heterocycles. The highest BCUT2D eigenvalue weighted by atomic mass is 16.5. The summed E-state index contributed by atoms with van der Waals surface area (Å²) in [6.07, 6.45) is 0. The Morgan fingerprint density at radius 2 is 1.62 bits per heavy atom. The van der Waals surface area contributed by atoms with E-state index in [1.165, 1.54) is 5.56 Å². The van der Waals surface area contributed by atoms with Crippen LogP contribution in [0.5, 0.6) is 5.75 Å². The quantitative estimate of drug-likeness (QED) is 0.809. The zero-order valence-corrected chi connectivity index (χ0v) is 12.5. The van der Waals surface area contributed by atoms with Gasteiger partial charge < -0.3 is 9.84 Å². The molecule has 2 aromatic rings. The molecule has 0 aliphatic rings. The molecule has 2 rings (SSSR count). The normalized spacial score (nSPS) is 12.3. The molecule has 0 aliphatic heterocycles. The van der Waals surface area contributed by atoms with Crippen LogP contribution < -0.4 is 4.74 Å². The summed E-state index contributed by atoms with van der Waals surface area (Å²) >= 11 is 0. The molecule has 21 heavy (non-hydrogen) atoms. The monoisotopic (exact) mass is 285 g/mol. The topological polar surface area (TPSA) is 32.7 Å². The van der Waals surface area contributed by atoms with Crippen molar-refractivity contribution < 1.29 is 9.84 Å². The Bertz CT molecular complexity index is 501. The first-order valence-electron chi connectivity index (χ1n) is 7.36. The van der Waals surface area contributed by atoms with E-state index in [1.54, 1.807) is 0 Å². The number of nitrogens with zero attached hydrogens (tertiary/aromatic N) is 1. The Morgan fingerprint density at radius 3 is 2.24 bits per heavy atom. The van der Waals surface area contributed by atoms with Gasteiger partial charge in [-0.25, -0.2) is 0 Å². The lowest BCUT2D eigenvalue weighted by atomic mass is 10.2. The van der Waals surface area contributed by atoms with Crippen molar-refractivity contribution in [1.29, 1.82) is 0 Å². The largest absolute Gasteiger partial charge is 0.492 e. The third-order valence-corrected chi connectivity index (χ3v) is 3.47. The smallest absolute Gasteiger partial charge is 0.119 e. The standard InChI is InChI=1S/C18H23NO2/c1-16(15-21-18-10-6-3-7-11-18)19(12-13-20)14-17-8-4-2-5-9-17/h2-11,16,20H,12-15H2,1H3/t16-/m0/s1. The van der Waals surface area contributed by atoms with Crippen molar-refractivity contribution in [2.24, 2.45) is 0 Å². The first-order valence-corrected chi connectivity index (χ1v) is 7.36. The van der Waals surface area contributed by atoms with Crippen molar-refractivity contribution >= 4 is 0 Å². The summed E-state index contributed by atoms with van der Waals surface area (Å²) in [7, 11) is 0. The molecule has 0 aromatic heterocycles. The van der Waals surface area contributed by atoms with Crippen LogP contribution >= 0.6 is 0 Å². The van der Waals surface area contributed by atoms with Crippen LogP contribution in [0.4, 0.5) is 0 Å². The molecule has 0 heterocycles. The number of ether oxygens (including phenoxy) is 1. The molecule has 0 saturated carbocycles. The highest BCUT2D eigenvalue weighted by molar-refractivity contribution is 5.21. The number of hydrogen-bond donors (Lipinski definition) is 1. The van der Waals surface area contributed by atoms with Crippen molar-refractivity contribution in [2.45, 2.75) is 19.5 Å². The lowest BCUT2D eigenvalue weighted by molar-refractivity contribution is 0.114. The van der Waals surface area contributed by atoms with Gasteiger partial charge in [-0.05, 0) is 24.6 Å². The number of hydrogen-bond acceptors (Lipinski definition) is 3. The number of aliphatic hydroxyl groups is 1. The number of aliphatic hydroxyl groups excluding tert-OH is 1. The van der Waals surface area contributed by atoms with Gasteiger partial charge in [-0.15, -0.1) is 0 Å². The summed E-state index contributed by atoms with van der Waals surface area (Å²) in [6, 6.07) is 20.4. The minimum atomic E-state index is 0.155. The first kappa shape index (κ1) is 15.5. The van der Waals surface area contributed by atoms with Crippen LogP contribution in [0.3, 0.4) is 0 Å². The molecule has 0 aliphatic carbocycles. The maximum absolute atomic E-state index is 9.27. The van der Waals surface area contributed by atoms with Crippen molar-refractivity contribution in [1.82, 2.24) is 4.90 Å². The molecule has 0 radical (unpaired) electrons. The fraction of sp³-hybridized carbons (Fsp3) is 0.333. The van der Waals surface area contributed by atoms with Crippen molar-refractivity contribution in [3.63, 3.8) is 0 Å². The van der Waals surface area contributed by atoms with E-state index in [-0.39, 0.29) is 12.6 Å². The second-order valence-corrected chi connectivity index (χ2v) is 5.15. The van der Waals surface area contributed by atoms with Crippen molar-refractivity contribution in [3.8, 4) is 5.75 Å². The molecule has 0 amide bonds. The molecule has 3 heteroatoms. The van der Waals surface area contributed by atoms with Gasteiger partial charge >= 0.3 is 0 Å². The summed E-state index contributed by atoms with van der Waals surface area (Å²) in [5.41, 5.74) is 1.25. The van der Waals surface area contributed by atoms with Gasteiger partial charge in [0.15, 0.2) is 0 Å². The Labute approximate surface area is 126 Å². The van der Waals surface area contributed by atoms with E-state index < -0.39 is 0 Å². The zero-order chi connectivity index (χ0) is 14.9. The molecular weight excluding hydrogens is 262 g/mol. The van der Waals surface area contributed by atoms with E-state index in [0.29, 0.717) is 13.2 Å². The molecule has 112 valence electrons. The third-order valence-electron chi connectivity index (χ3n) is 3.47. The minimum Gasteiger partial charge on any atom is -0.492 e. The van der Waals surface area contributed by atoms with Gasteiger partial charge in [0.05, 0.1) is 6.61 Å². The van der Waals surface area contributed by atoms with Gasteiger partial charge in [0.2, 0.25) is 0 Å². The fourth-order valence-corrected chi connectivity index (χ4v) is 2.24. The number of benzene rings is 2. The molecule has 0 fully saturated rings. The maximum atomic E-state index is 9.27. The zero-order valence-electron chi connectivity index (χ0n) is 12.5. The second-order valence-electron chi connectivity index (χ2n) is 5.15. The number of rotatable bonds is 8. The van der Waals surface area contributed by atoms with Crippen LogP contribution in [0.25, 0.3) is 0 Å². The van der Waals surface area contributed by atoms with Gasteiger partial charge in [0.1, 0.15) is 12.4 Å². The lowest BCUT2D eigenvalue weighted by Gasteiger charge is -2.28. The Balaban J connectivity index is 1.90.